The van der Waals surface area contributed by atoms with Gasteiger partial charge in [-0.3, -0.25) is 4.79 Å². The first-order valence-electron chi connectivity index (χ1n) is 7.44. The topological polar surface area (TPSA) is 116 Å². The van der Waals surface area contributed by atoms with Crippen molar-refractivity contribution in [2.24, 2.45) is 5.92 Å². The molecular formula is C14H24N2O5. The third-order valence-electron chi connectivity index (χ3n) is 3.86. The van der Waals surface area contributed by atoms with Crippen molar-refractivity contribution < 1.29 is 24.6 Å². The van der Waals surface area contributed by atoms with E-state index in [-0.39, 0.29) is 6.04 Å². The third-order valence-corrected chi connectivity index (χ3v) is 3.86. The second-order valence-corrected chi connectivity index (χ2v) is 5.61. The second kappa shape index (κ2) is 8.49. The summed E-state index contributed by atoms with van der Waals surface area (Å²) in [6.07, 6.45) is 5.64. The molecule has 0 aliphatic heterocycles. The van der Waals surface area contributed by atoms with Gasteiger partial charge in [-0.2, -0.15) is 0 Å². The molecule has 0 aromatic heterocycles. The number of hydrogen-bond donors (Lipinski definition) is 4. The minimum Gasteiger partial charge on any atom is -0.481 e. The number of carbonyl (C=O) groups is 3. The monoisotopic (exact) mass is 300 g/mol. The van der Waals surface area contributed by atoms with Crippen LogP contribution < -0.4 is 10.6 Å². The van der Waals surface area contributed by atoms with Crippen molar-refractivity contribution in [2.75, 3.05) is 0 Å². The van der Waals surface area contributed by atoms with Crippen molar-refractivity contribution >= 4 is 18.0 Å². The van der Waals surface area contributed by atoms with Gasteiger partial charge in [0.15, 0.2) is 0 Å². The van der Waals surface area contributed by atoms with Crippen molar-refractivity contribution in [3.05, 3.63) is 0 Å². The number of aliphatic carboxylic acids is 2. The highest BCUT2D eigenvalue weighted by Gasteiger charge is 2.26. The Labute approximate surface area is 124 Å². The van der Waals surface area contributed by atoms with Gasteiger partial charge in [0.25, 0.3) is 0 Å². The van der Waals surface area contributed by atoms with Crippen LogP contribution in [0.4, 0.5) is 4.79 Å². The van der Waals surface area contributed by atoms with Crippen LogP contribution in [-0.2, 0) is 9.59 Å². The molecule has 1 aliphatic rings. The van der Waals surface area contributed by atoms with Crippen LogP contribution >= 0.6 is 0 Å². The van der Waals surface area contributed by atoms with Crippen LogP contribution in [0.2, 0.25) is 0 Å². The van der Waals surface area contributed by atoms with Crippen LogP contribution in [0.5, 0.6) is 0 Å². The van der Waals surface area contributed by atoms with Gasteiger partial charge in [0.05, 0.1) is 6.42 Å². The summed E-state index contributed by atoms with van der Waals surface area (Å²) in [4.78, 5) is 33.2. The lowest BCUT2D eigenvalue weighted by Gasteiger charge is -2.29. The predicted molar refractivity (Wildman–Crippen MR) is 76.0 cm³/mol. The number of urea groups is 1. The summed E-state index contributed by atoms with van der Waals surface area (Å²) in [7, 11) is 0. The first kappa shape index (κ1) is 17.3. The summed E-state index contributed by atoms with van der Waals surface area (Å²) in [5, 5.41) is 22.4. The quantitative estimate of drug-likeness (QED) is 0.569. The maximum atomic E-state index is 11.7. The van der Waals surface area contributed by atoms with Gasteiger partial charge in [0.2, 0.25) is 0 Å². The lowest BCUT2D eigenvalue weighted by atomic mass is 9.83. The van der Waals surface area contributed by atoms with Crippen molar-refractivity contribution in [1.82, 2.24) is 10.6 Å². The van der Waals surface area contributed by atoms with Crippen molar-refractivity contribution in [2.45, 2.75) is 64.0 Å². The number of carboxylic acids is 2. The highest BCUT2D eigenvalue weighted by molar-refractivity contribution is 5.86. The zero-order chi connectivity index (χ0) is 15.8. The van der Waals surface area contributed by atoms with Gasteiger partial charge in [0, 0.05) is 6.04 Å². The van der Waals surface area contributed by atoms with Gasteiger partial charge in [-0.25, -0.2) is 9.59 Å². The molecule has 2 amide bonds. The maximum Gasteiger partial charge on any atom is 0.326 e. The normalized spacial score (nSPS) is 23.1. The average molecular weight is 300 g/mol. The summed E-state index contributed by atoms with van der Waals surface area (Å²) in [6.45, 7) is 2.16. The van der Waals surface area contributed by atoms with E-state index >= 15 is 0 Å². The molecule has 120 valence electrons. The summed E-state index contributed by atoms with van der Waals surface area (Å²) in [5.41, 5.74) is 0. The number of rotatable bonds is 7. The molecule has 1 aliphatic carbocycles. The van der Waals surface area contributed by atoms with Crippen molar-refractivity contribution in [1.29, 1.82) is 0 Å². The van der Waals surface area contributed by atoms with Crippen LogP contribution in [0.15, 0.2) is 0 Å². The fourth-order valence-electron chi connectivity index (χ4n) is 2.76. The first-order chi connectivity index (χ1) is 9.92. The molecule has 1 fully saturated rings. The van der Waals surface area contributed by atoms with E-state index in [1.54, 1.807) is 0 Å². The van der Waals surface area contributed by atoms with Crippen LogP contribution in [0.25, 0.3) is 0 Å². The first-order valence-corrected chi connectivity index (χ1v) is 7.44. The van der Waals surface area contributed by atoms with Crippen LogP contribution in [-0.4, -0.2) is 40.3 Å². The van der Waals surface area contributed by atoms with Crippen molar-refractivity contribution in [3.8, 4) is 0 Å². The van der Waals surface area contributed by atoms with Gasteiger partial charge in [0.1, 0.15) is 6.04 Å². The molecule has 1 saturated carbocycles. The lowest BCUT2D eigenvalue weighted by molar-refractivity contribution is -0.145. The molecule has 0 aromatic carbocycles. The van der Waals surface area contributed by atoms with E-state index in [2.05, 4.69) is 17.6 Å². The molecule has 0 heterocycles. The highest BCUT2D eigenvalue weighted by atomic mass is 16.4. The van der Waals surface area contributed by atoms with Crippen molar-refractivity contribution in [3.63, 3.8) is 0 Å². The zero-order valence-corrected chi connectivity index (χ0v) is 12.3. The Morgan fingerprint density at radius 2 is 1.76 bits per heavy atom. The molecule has 1 atom stereocenters. The molecule has 0 radical (unpaired) electrons. The SMILES string of the molecule is CCCC1CCC(NC(=O)N[C@H](CC(=O)O)C(=O)O)CC1. The van der Waals surface area contributed by atoms with E-state index in [1.807, 2.05) is 0 Å². The maximum absolute atomic E-state index is 11.7. The zero-order valence-electron chi connectivity index (χ0n) is 12.3. The van der Waals surface area contributed by atoms with E-state index in [1.165, 1.54) is 12.8 Å². The minimum absolute atomic E-state index is 0.0392. The summed E-state index contributed by atoms with van der Waals surface area (Å²) >= 11 is 0. The summed E-state index contributed by atoms with van der Waals surface area (Å²) in [5.74, 6) is -1.89. The number of carboxylic acid groups (broad SMARTS) is 2. The van der Waals surface area contributed by atoms with E-state index in [0.717, 1.165) is 31.6 Å². The van der Waals surface area contributed by atoms with Crippen LogP contribution in [0, 0.1) is 5.92 Å². The number of carbonyl (C=O) groups excluding carboxylic acids is 1. The molecule has 7 heteroatoms. The Hall–Kier alpha value is -1.79. The molecular weight excluding hydrogens is 276 g/mol. The average Bonchev–Trinajstić information content (AvgIpc) is 2.40. The Kier molecular flexibility index (Phi) is 6.98. The number of hydrogen-bond acceptors (Lipinski definition) is 3. The number of amides is 2. The van der Waals surface area contributed by atoms with Gasteiger partial charge >= 0.3 is 18.0 Å². The van der Waals surface area contributed by atoms with Crippen LogP contribution in [0.3, 0.4) is 0 Å². The highest BCUT2D eigenvalue weighted by Crippen LogP contribution is 2.27. The second-order valence-electron chi connectivity index (χ2n) is 5.61. The van der Waals surface area contributed by atoms with E-state index < -0.39 is 30.4 Å². The Balaban J connectivity index is 2.36. The fraction of sp³-hybridized carbons (Fsp3) is 0.786. The van der Waals surface area contributed by atoms with E-state index in [4.69, 9.17) is 10.2 Å². The molecule has 0 aromatic rings. The Bertz CT molecular complexity index is 378. The molecule has 4 N–H and O–H groups in total. The van der Waals surface area contributed by atoms with Gasteiger partial charge in [-0.1, -0.05) is 19.8 Å². The van der Waals surface area contributed by atoms with Crippen LogP contribution in [0.1, 0.15) is 51.9 Å². The molecule has 0 spiro atoms. The molecule has 0 saturated heterocycles. The largest absolute Gasteiger partial charge is 0.481 e. The summed E-state index contributed by atoms with van der Waals surface area (Å²) in [6, 6.07) is -1.97. The molecule has 7 nitrogen and oxygen atoms in total. The standard InChI is InChI=1S/C14H24N2O5/c1-2-3-9-4-6-10(7-5-9)15-14(21)16-11(13(19)20)8-12(17)18/h9-11H,2-8H2,1H3,(H,17,18)(H,19,20)(H2,15,16,21)/t9?,10?,11-/m1/s1. The fourth-order valence-corrected chi connectivity index (χ4v) is 2.76. The van der Waals surface area contributed by atoms with Gasteiger partial charge < -0.3 is 20.8 Å². The van der Waals surface area contributed by atoms with E-state index in [0.29, 0.717) is 0 Å². The summed E-state index contributed by atoms with van der Waals surface area (Å²) < 4.78 is 0. The van der Waals surface area contributed by atoms with E-state index in [9.17, 15) is 14.4 Å². The lowest BCUT2D eigenvalue weighted by Crippen LogP contribution is -2.50. The molecule has 21 heavy (non-hydrogen) atoms. The third kappa shape index (κ3) is 6.46. The molecule has 0 bridgehead atoms. The van der Waals surface area contributed by atoms with Gasteiger partial charge in [-0.05, 0) is 31.6 Å². The Morgan fingerprint density at radius 3 is 2.24 bits per heavy atom. The van der Waals surface area contributed by atoms with Gasteiger partial charge in [-0.15, -0.1) is 0 Å². The minimum atomic E-state index is -1.40. The predicted octanol–water partition coefficient (Wildman–Crippen LogP) is 1.57. The number of nitrogens with one attached hydrogen (secondary N) is 2. The smallest absolute Gasteiger partial charge is 0.326 e. The molecule has 0 unspecified atom stereocenters. The Morgan fingerprint density at radius 1 is 1.14 bits per heavy atom. The molecule has 1 rings (SSSR count).